The van der Waals surface area contributed by atoms with Crippen LogP contribution in [-0.2, 0) is 0 Å². The first-order valence-corrected chi connectivity index (χ1v) is 8.85. The molecule has 3 aromatic rings. The summed E-state index contributed by atoms with van der Waals surface area (Å²) in [7, 11) is 0. The number of aromatic nitrogens is 2. The summed E-state index contributed by atoms with van der Waals surface area (Å²) in [5.74, 6) is 0.495. The molecule has 140 valence electrons. The Kier molecular flexibility index (Phi) is 5.40. The van der Waals surface area contributed by atoms with Crippen LogP contribution in [0.25, 0.3) is 11.0 Å². The van der Waals surface area contributed by atoms with Crippen molar-refractivity contribution in [2.45, 2.75) is 32.9 Å². The number of carbonyl (C=O) groups is 2. The third kappa shape index (κ3) is 4.63. The van der Waals surface area contributed by atoms with Gasteiger partial charge >= 0.3 is 6.03 Å². The van der Waals surface area contributed by atoms with Crippen LogP contribution in [0.5, 0.6) is 0 Å². The van der Waals surface area contributed by atoms with Crippen molar-refractivity contribution in [1.29, 1.82) is 0 Å². The number of nitrogens with zero attached hydrogens (tertiary/aromatic N) is 1. The summed E-state index contributed by atoms with van der Waals surface area (Å²) in [5, 5.41) is 8.40. The Balaban J connectivity index is 1.62. The molecule has 0 radical (unpaired) electrons. The van der Waals surface area contributed by atoms with E-state index in [1.54, 1.807) is 24.3 Å². The molecule has 0 saturated heterocycles. The smallest absolute Gasteiger partial charge is 0.319 e. The largest absolute Gasteiger partial charge is 0.342 e. The molecule has 7 heteroatoms. The second kappa shape index (κ2) is 7.90. The molecule has 0 aliphatic rings. The number of para-hydroxylation sites is 2. The molecule has 1 aromatic heterocycles. The van der Waals surface area contributed by atoms with Crippen LogP contribution in [0.2, 0.25) is 0 Å². The standard InChI is InChI=1S/C20H23N5O2/c1-12(2)21-20(27)23-15-10-8-14(9-11-15)19(26)22-13(3)18-24-16-6-4-5-7-17(16)25-18/h4-13H,1-3H3,(H,22,26)(H,24,25)(H2,21,23,27). The summed E-state index contributed by atoms with van der Waals surface area (Å²) in [6.07, 6.45) is 0. The highest BCUT2D eigenvalue weighted by atomic mass is 16.2. The molecule has 3 amide bonds. The van der Waals surface area contributed by atoms with Gasteiger partial charge in [0.2, 0.25) is 0 Å². The van der Waals surface area contributed by atoms with Crippen molar-refractivity contribution in [3.63, 3.8) is 0 Å². The van der Waals surface area contributed by atoms with Gasteiger partial charge in [-0.2, -0.15) is 0 Å². The molecule has 0 aliphatic heterocycles. The number of nitrogens with one attached hydrogen (secondary N) is 4. The van der Waals surface area contributed by atoms with E-state index in [-0.39, 0.29) is 24.0 Å². The van der Waals surface area contributed by atoms with E-state index in [2.05, 4.69) is 25.9 Å². The Morgan fingerprint density at radius 2 is 1.67 bits per heavy atom. The Morgan fingerprint density at radius 1 is 0.963 bits per heavy atom. The fourth-order valence-electron chi connectivity index (χ4n) is 2.66. The fraction of sp³-hybridized carbons (Fsp3) is 0.250. The summed E-state index contributed by atoms with van der Waals surface area (Å²) < 4.78 is 0. The number of benzene rings is 2. The summed E-state index contributed by atoms with van der Waals surface area (Å²) in [6, 6.07) is 14.0. The molecule has 1 unspecified atom stereocenters. The van der Waals surface area contributed by atoms with E-state index in [1.807, 2.05) is 45.0 Å². The van der Waals surface area contributed by atoms with Gasteiger partial charge < -0.3 is 20.9 Å². The first kappa shape index (κ1) is 18.4. The van der Waals surface area contributed by atoms with E-state index in [0.717, 1.165) is 11.0 Å². The van der Waals surface area contributed by atoms with E-state index in [4.69, 9.17) is 0 Å². The van der Waals surface area contributed by atoms with Gasteiger partial charge in [-0.05, 0) is 57.2 Å². The number of fused-ring (bicyclic) bond motifs is 1. The summed E-state index contributed by atoms with van der Waals surface area (Å²) >= 11 is 0. The van der Waals surface area contributed by atoms with Crippen LogP contribution >= 0.6 is 0 Å². The van der Waals surface area contributed by atoms with E-state index in [0.29, 0.717) is 17.1 Å². The molecule has 3 rings (SSSR count). The number of urea groups is 1. The van der Waals surface area contributed by atoms with Crippen LogP contribution in [-0.4, -0.2) is 27.9 Å². The van der Waals surface area contributed by atoms with Crippen LogP contribution in [0.3, 0.4) is 0 Å². The molecule has 0 aliphatic carbocycles. The minimum absolute atomic E-state index is 0.0507. The first-order chi connectivity index (χ1) is 12.9. The number of carbonyl (C=O) groups excluding carboxylic acids is 2. The second-order valence-electron chi connectivity index (χ2n) is 6.66. The molecule has 2 aromatic carbocycles. The van der Waals surface area contributed by atoms with Crippen molar-refractivity contribution in [3.8, 4) is 0 Å². The van der Waals surface area contributed by atoms with Gasteiger partial charge in [-0.15, -0.1) is 0 Å². The Hall–Kier alpha value is -3.35. The normalized spacial score (nSPS) is 12.0. The zero-order chi connectivity index (χ0) is 19.4. The maximum absolute atomic E-state index is 12.5. The molecule has 4 N–H and O–H groups in total. The van der Waals surface area contributed by atoms with Crippen molar-refractivity contribution in [3.05, 3.63) is 59.9 Å². The number of anilines is 1. The minimum Gasteiger partial charge on any atom is -0.342 e. The predicted molar refractivity (Wildman–Crippen MR) is 106 cm³/mol. The highest BCUT2D eigenvalue weighted by Gasteiger charge is 2.15. The highest BCUT2D eigenvalue weighted by molar-refractivity contribution is 5.95. The molecule has 0 spiro atoms. The van der Waals surface area contributed by atoms with Gasteiger partial charge in [-0.1, -0.05) is 12.1 Å². The van der Waals surface area contributed by atoms with E-state index in [9.17, 15) is 9.59 Å². The van der Waals surface area contributed by atoms with Crippen molar-refractivity contribution in [1.82, 2.24) is 20.6 Å². The molecule has 7 nitrogen and oxygen atoms in total. The Bertz CT molecular complexity index is 913. The molecule has 1 heterocycles. The Labute approximate surface area is 157 Å². The maximum Gasteiger partial charge on any atom is 0.319 e. The van der Waals surface area contributed by atoms with Gasteiger partial charge in [0.15, 0.2) is 0 Å². The van der Waals surface area contributed by atoms with Gasteiger partial charge in [-0.25, -0.2) is 9.78 Å². The SMILES string of the molecule is CC(C)NC(=O)Nc1ccc(C(=O)NC(C)c2nc3ccccc3[nH]2)cc1. The topological polar surface area (TPSA) is 98.9 Å². The molecule has 1 atom stereocenters. The molecule has 0 saturated carbocycles. The minimum atomic E-state index is -0.277. The number of hydrogen-bond acceptors (Lipinski definition) is 3. The van der Waals surface area contributed by atoms with Gasteiger partial charge in [-0.3, -0.25) is 4.79 Å². The first-order valence-electron chi connectivity index (χ1n) is 8.85. The predicted octanol–water partition coefficient (Wildman–Crippen LogP) is 3.58. The summed E-state index contributed by atoms with van der Waals surface area (Å²) in [4.78, 5) is 31.9. The fourth-order valence-corrected chi connectivity index (χ4v) is 2.66. The van der Waals surface area contributed by atoms with Crippen LogP contribution in [0.1, 0.15) is 43.0 Å². The van der Waals surface area contributed by atoms with Gasteiger partial charge in [0.25, 0.3) is 5.91 Å². The molecule has 0 fully saturated rings. The zero-order valence-corrected chi connectivity index (χ0v) is 15.5. The monoisotopic (exact) mass is 365 g/mol. The average molecular weight is 365 g/mol. The maximum atomic E-state index is 12.5. The van der Waals surface area contributed by atoms with Crippen LogP contribution in [0.15, 0.2) is 48.5 Å². The molecule has 0 bridgehead atoms. The van der Waals surface area contributed by atoms with E-state index in [1.165, 1.54) is 0 Å². The lowest BCUT2D eigenvalue weighted by atomic mass is 10.2. The summed E-state index contributed by atoms with van der Waals surface area (Å²) in [6.45, 7) is 5.65. The highest BCUT2D eigenvalue weighted by Crippen LogP contribution is 2.16. The lowest BCUT2D eigenvalue weighted by Gasteiger charge is -2.12. The average Bonchev–Trinajstić information content (AvgIpc) is 3.06. The van der Waals surface area contributed by atoms with Crippen molar-refractivity contribution >= 4 is 28.7 Å². The van der Waals surface area contributed by atoms with Crippen LogP contribution in [0, 0.1) is 0 Å². The van der Waals surface area contributed by atoms with Gasteiger partial charge in [0.1, 0.15) is 5.82 Å². The lowest BCUT2D eigenvalue weighted by Crippen LogP contribution is -2.34. The van der Waals surface area contributed by atoms with Crippen molar-refractivity contribution in [2.24, 2.45) is 0 Å². The van der Waals surface area contributed by atoms with Gasteiger partial charge in [0, 0.05) is 17.3 Å². The quantitative estimate of drug-likeness (QED) is 0.556. The van der Waals surface area contributed by atoms with Crippen molar-refractivity contribution in [2.75, 3.05) is 5.32 Å². The molecular formula is C20H23N5O2. The number of rotatable bonds is 5. The number of hydrogen-bond donors (Lipinski definition) is 4. The van der Waals surface area contributed by atoms with Crippen LogP contribution < -0.4 is 16.0 Å². The number of imidazole rings is 1. The van der Waals surface area contributed by atoms with Crippen molar-refractivity contribution < 1.29 is 9.59 Å². The van der Waals surface area contributed by atoms with Gasteiger partial charge in [0.05, 0.1) is 17.1 Å². The molecule has 27 heavy (non-hydrogen) atoms. The number of H-pyrrole nitrogens is 1. The van der Waals surface area contributed by atoms with E-state index >= 15 is 0 Å². The van der Waals surface area contributed by atoms with Crippen LogP contribution in [0.4, 0.5) is 10.5 Å². The third-order valence-corrected chi connectivity index (χ3v) is 3.99. The summed E-state index contributed by atoms with van der Waals surface area (Å²) in [5.41, 5.74) is 2.93. The number of aromatic amines is 1. The van der Waals surface area contributed by atoms with E-state index < -0.39 is 0 Å². The number of amides is 3. The molecular weight excluding hydrogens is 342 g/mol. The third-order valence-electron chi connectivity index (χ3n) is 3.99. The zero-order valence-electron chi connectivity index (χ0n) is 15.5. The Morgan fingerprint density at radius 3 is 2.33 bits per heavy atom. The lowest BCUT2D eigenvalue weighted by molar-refractivity contribution is 0.0938. The second-order valence-corrected chi connectivity index (χ2v) is 6.66.